The highest BCUT2D eigenvalue weighted by Gasteiger charge is 2.10. The van der Waals surface area contributed by atoms with E-state index in [1.165, 1.54) is 0 Å². The summed E-state index contributed by atoms with van der Waals surface area (Å²) in [6.07, 6.45) is 0. The van der Waals surface area contributed by atoms with Crippen molar-refractivity contribution in [1.29, 1.82) is 0 Å². The monoisotopic (exact) mass is 323 g/mol. The zero-order valence-corrected chi connectivity index (χ0v) is 13.2. The Kier molecular flexibility index (Phi) is 4.86. The Hall–Kier alpha value is -3.15. The second-order valence-electron chi connectivity index (χ2n) is 5.26. The third kappa shape index (κ3) is 4.19. The van der Waals surface area contributed by atoms with Crippen molar-refractivity contribution in [3.63, 3.8) is 0 Å². The fraction of sp³-hybridized carbons (Fsp3) is 0.167. The predicted molar refractivity (Wildman–Crippen MR) is 88.3 cm³/mol. The van der Waals surface area contributed by atoms with Gasteiger partial charge in [0.05, 0.1) is 6.54 Å². The van der Waals surface area contributed by atoms with Crippen LogP contribution in [0, 0.1) is 6.92 Å². The summed E-state index contributed by atoms with van der Waals surface area (Å²) in [5.74, 6) is 1.25. The number of aryl methyl sites for hydroxylation is 1. The van der Waals surface area contributed by atoms with Crippen molar-refractivity contribution in [3.05, 3.63) is 66.0 Å². The molecule has 3 rings (SSSR count). The van der Waals surface area contributed by atoms with Crippen molar-refractivity contribution in [3.8, 4) is 17.2 Å². The normalized spacial score (nSPS) is 10.4. The van der Waals surface area contributed by atoms with Gasteiger partial charge in [-0.05, 0) is 31.2 Å². The van der Waals surface area contributed by atoms with Gasteiger partial charge in [-0.2, -0.15) is 4.98 Å². The summed E-state index contributed by atoms with van der Waals surface area (Å²) in [7, 11) is 0. The van der Waals surface area contributed by atoms with Gasteiger partial charge in [-0.1, -0.05) is 41.1 Å². The Morgan fingerprint density at radius 2 is 2.00 bits per heavy atom. The van der Waals surface area contributed by atoms with E-state index in [9.17, 15) is 4.79 Å². The number of amides is 1. The molecule has 0 spiro atoms. The van der Waals surface area contributed by atoms with Crippen LogP contribution >= 0.6 is 0 Å². The molecule has 0 fully saturated rings. The second-order valence-corrected chi connectivity index (χ2v) is 5.26. The van der Waals surface area contributed by atoms with Crippen LogP contribution in [0.25, 0.3) is 11.5 Å². The Balaban J connectivity index is 1.51. The number of hydrogen-bond donors (Lipinski definition) is 1. The number of rotatable bonds is 6. The molecule has 0 unspecified atom stereocenters. The SMILES string of the molecule is Cc1cccc(-c2nc(CNC(=O)COc3ccccc3)no2)c1. The largest absolute Gasteiger partial charge is 0.484 e. The van der Waals surface area contributed by atoms with Crippen molar-refractivity contribution in [1.82, 2.24) is 15.5 Å². The molecular formula is C18H17N3O3. The lowest BCUT2D eigenvalue weighted by atomic mass is 10.1. The molecule has 0 bridgehead atoms. The number of aromatic nitrogens is 2. The van der Waals surface area contributed by atoms with Crippen LogP contribution < -0.4 is 10.1 Å². The Bertz CT molecular complexity index is 815. The third-order valence-electron chi connectivity index (χ3n) is 3.29. The number of hydrogen-bond acceptors (Lipinski definition) is 5. The minimum atomic E-state index is -0.249. The maximum Gasteiger partial charge on any atom is 0.258 e. The van der Waals surface area contributed by atoms with Crippen molar-refractivity contribution >= 4 is 5.91 Å². The van der Waals surface area contributed by atoms with Crippen molar-refractivity contribution in [2.24, 2.45) is 0 Å². The van der Waals surface area contributed by atoms with Crippen LogP contribution in [0.2, 0.25) is 0 Å². The van der Waals surface area contributed by atoms with Crippen LogP contribution in [0.4, 0.5) is 0 Å². The summed E-state index contributed by atoms with van der Waals surface area (Å²) in [4.78, 5) is 16.1. The number of para-hydroxylation sites is 1. The molecule has 6 heteroatoms. The van der Waals surface area contributed by atoms with Gasteiger partial charge in [-0.3, -0.25) is 4.79 Å². The maximum atomic E-state index is 11.8. The first-order valence-corrected chi connectivity index (χ1v) is 7.55. The van der Waals surface area contributed by atoms with E-state index in [-0.39, 0.29) is 19.1 Å². The molecule has 0 radical (unpaired) electrons. The molecule has 24 heavy (non-hydrogen) atoms. The van der Waals surface area contributed by atoms with Crippen LogP contribution in [-0.4, -0.2) is 22.7 Å². The molecule has 0 aliphatic rings. The van der Waals surface area contributed by atoms with Gasteiger partial charge in [0, 0.05) is 5.56 Å². The standard InChI is InChI=1S/C18H17N3O3/c1-13-6-5-7-14(10-13)18-20-16(21-24-18)11-19-17(22)12-23-15-8-3-2-4-9-15/h2-10H,11-12H2,1H3,(H,19,22). The fourth-order valence-electron chi connectivity index (χ4n) is 2.12. The minimum absolute atomic E-state index is 0.0629. The van der Waals surface area contributed by atoms with E-state index in [0.29, 0.717) is 17.5 Å². The lowest BCUT2D eigenvalue weighted by molar-refractivity contribution is -0.123. The van der Waals surface area contributed by atoms with E-state index >= 15 is 0 Å². The van der Waals surface area contributed by atoms with E-state index in [0.717, 1.165) is 11.1 Å². The molecule has 1 amide bonds. The minimum Gasteiger partial charge on any atom is -0.484 e. The van der Waals surface area contributed by atoms with Gasteiger partial charge < -0.3 is 14.6 Å². The summed E-state index contributed by atoms with van der Waals surface area (Å²) in [6, 6.07) is 16.9. The van der Waals surface area contributed by atoms with Gasteiger partial charge >= 0.3 is 0 Å². The molecule has 6 nitrogen and oxygen atoms in total. The number of carbonyl (C=O) groups excluding carboxylic acids is 1. The molecule has 0 aliphatic heterocycles. The van der Waals surface area contributed by atoms with Crippen LogP contribution in [0.1, 0.15) is 11.4 Å². The summed E-state index contributed by atoms with van der Waals surface area (Å²) in [5, 5.41) is 6.57. The molecular weight excluding hydrogens is 306 g/mol. The average molecular weight is 323 g/mol. The number of carbonyl (C=O) groups is 1. The Morgan fingerprint density at radius 3 is 2.79 bits per heavy atom. The van der Waals surface area contributed by atoms with Crippen LogP contribution in [0.15, 0.2) is 59.1 Å². The second kappa shape index (κ2) is 7.41. The number of ether oxygens (including phenoxy) is 1. The molecule has 3 aromatic rings. The van der Waals surface area contributed by atoms with Crippen molar-refractivity contribution in [2.75, 3.05) is 6.61 Å². The summed E-state index contributed by atoms with van der Waals surface area (Å²) >= 11 is 0. The molecule has 122 valence electrons. The van der Waals surface area contributed by atoms with E-state index in [4.69, 9.17) is 9.26 Å². The molecule has 2 aromatic carbocycles. The predicted octanol–water partition coefficient (Wildman–Crippen LogP) is 2.74. The highest BCUT2D eigenvalue weighted by Crippen LogP contribution is 2.18. The van der Waals surface area contributed by atoms with Crippen molar-refractivity contribution < 1.29 is 14.1 Å². The first-order chi connectivity index (χ1) is 11.7. The highest BCUT2D eigenvalue weighted by atomic mass is 16.5. The highest BCUT2D eigenvalue weighted by molar-refractivity contribution is 5.77. The summed E-state index contributed by atoms with van der Waals surface area (Å²) in [6.45, 7) is 2.12. The molecule has 0 saturated carbocycles. The number of benzene rings is 2. The van der Waals surface area contributed by atoms with Crippen LogP contribution in [0.5, 0.6) is 5.75 Å². The van der Waals surface area contributed by atoms with Crippen molar-refractivity contribution in [2.45, 2.75) is 13.5 Å². The number of nitrogens with one attached hydrogen (secondary N) is 1. The topological polar surface area (TPSA) is 77.2 Å². The molecule has 1 heterocycles. The molecule has 1 N–H and O–H groups in total. The summed E-state index contributed by atoms with van der Waals surface area (Å²) in [5.41, 5.74) is 1.96. The van der Waals surface area contributed by atoms with Crippen LogP contribution in [0.3, 0.4) is 0 Å². The van der Waals surface area contributed by atoms with Gasteiger partial charge in [-0.25, -0.2) is 0 Å². The van der Waals surface area contributed by atoms with Gasteiger partial charge in [0.25, 0.3) is 11.8 Å². The Labute approximate surface area is 139 Å². The Morgan fingerprint density at radius 1 is 1.17 bits per heavy atom. The van der Waals surface area contributed by atoms with E-state index in [1.54, 1.807) is 12.1 Å². The average Bonchev–Trinajstić information content (AvgIpc) is 3.08. The first kappa shape index (κ1) is 15.7. The van der Waals surface area contributed by atoms with Gasteiger partial charge in [0.2, 0.25) is 0 Å². The lowest BCUT2D eigenvalue weighted by Crippen LogP contribution is -2.28. The zero-order chi connectivity index (χ0) is 16.8. The van der Waals surface area contributed by atoms with E-state index in [2.05, 4.69) is 15.5 Å². The fourth-order valence-corrected chi connectivity index (χ4v) is 2.12. The molecule has 0 saturated heterocycles. The summed E-state index contributed by atoms with van der Waals surface area (Å²) < 4.78 is 10.6. The molecule has 1 aromatic heterocycles. The number of nitrogens with zero attached hydrogens (tertiary/aromatic N) is 2. The third-order valence-corrected chi connectivity index (χ3v) is 3.29. The van der Waals surface area contributed by atoms with E-state index < -0.39 is 0 Å². The smallest absolute Gasteiger partial charge is 0.258 e. The van der Waals surface area contributed by atoms with Gasteiger partial charge in [0.15, 0.2) is 12.4 Å². The zero-order valence-electron chi connectivity index (χ0n) is 13.2. The molecule has 0 aliphatic carbocycles. The molecule has 0 atom stereocenters. The first-order valence-electron chi connectivity index (χ1n) is 7.55. The lowest BCUT2D eigenvalue weighted by Gasteiger charge is -2.05. The van der Waals surface area contributed by atoms with Gasteiger partial charge in [0.1, 0.15) is 5.75 Å². The van der Waals surface area contributed by atoms with E-state index in [1.807, 2.05) is 49.4 Å². The van der Waals surface area contributed by atoms with Gasteiger partial charge in [-0.15, -0.1) is 0 Å². The quantitative estimate of drug-likeness (QED) is 0.755. The van der Waals surface area contributed by atoms with Crippen LogP contribution in [-0.2, 0) is 11.3 Å². The maximum absolute atomic E-state index is 11.8.